The minimum atomic E-state index is -0.771. The zero-order valence-electron chi connectivity index (χ0n) is 22.5. The summed E-state index contributed by atoms with van der Waals surface area (Å²) in [5.41, 5.74) is 0.877. The van der Waals surface area contributed by atoms with Crippen LogP contribution in [0, 0.1) is 11.7 Å². The van der Waals surface area contributed by atoms with Gasteiger partial charge in [0.1, 0.15) is 17.5 Å². The number of nitrogens with one attached hydrogen (secondary N) is 1. The van der Waals surface area contributed by atoms with Gasteiger partial charge in [-0.25, -0.2) is 14.2 Å². The van der Waals surface area contributed by atoms with E-state index in [0.717, 1.165) is 23.9 Å². The quantitative estimate of drug-likeness (QED) is 0.461. The molecule has 10 heteroatoms. The number of halogens is 1. The monoisotopic (exact) mass is 534 g/mol. The Labute approximate surface area is 223 Å². The molecule has 0 radical (unpaired) electrons. The van der Waals surface area contributed by atoms with Gasteiger partial charge in [-0.05, 0) is 70.2 Å². The van der Waals surface area contributed by atoms with E-state index < -0.39 is 17.7 Å². The van der Waals surface area contributed by atoms with Gasteiger partial charge in [0, 0.05) is 30.7 Å². The van der Waals surface area contributed by atoms with Gasteiger partial charge in [-0.15, -0.1) is 11.3 Å². The molecule has 1 aromatic heterocycles. The standard InChI is InChI=1S/C27H39FN4O4S/c1-19(2)17-23(30-26(34)36-27(3,4)5)24(33)32(22-10-8-20(28)9-11-22)12-6-7-21-18-37-25(29-21)31-13-15-35-16-14-31/h8-11,18-19,23H,6-7,12-17H2,1-5H3,(H,30,34). The number of benzene rings is 1. The number of thiazole rings is 1. The molecule has 1 aliphatic rings. The summed E-state index contributed by atoms with van der Waals surface area (Å²) in [4.78, 5) is 34.9. The molecule has 0 saturated carbocycles. The van der Waals surface area contributed by atoms with Gasteiger partial charge in [0.05, 0.1) is 18.9 Å². The summed E-state index contributed by atoms with van der Waals surface area (Å²) in [6.07, 6.45) is 1.17. The number of anilines is 2. The highest BCUT2D eigenvalue weighted by molar-refractivity contribution is 7.13. The first-order valence-corrected chi connectivity index (χ1v) is 13.7. The minimum absolute atomic E-state index is 0.160. The van der Waals surface area contributed by atoms with E-state index in [0.29, 0.717) is 44.7 Å². The number of carbonyl (C=O) groups is 2. The Morgan fingerprint density at radius 1 is 1.22 bits per heavy atom. The van der Waals surface area contributed by atoms with Crippen molar-refractivity contribution in [3.63, 3.8) is 0 Å². The molecule has 3 rings (SSSR count). The van der Waals surface area contributed by atoms with Crippen LogP contribution in [0.25, 0.3) is 0 Å². The van der Waals surface area contributed by atoms with E-state index >= 15 is 0 Å². The van der Waals surface area contributed by atoms with Crippen LogP contribution in [-0.2, 0) is 20.7 Å². The molecule has 1 aliphatic heterocycles. The molecule has 2 amide bonds. The predicted octanol–water partition coefficient (Wildman–Crippen LogP) is 5.02. The van der Waals surface area contributed by atoms with Crippen molar-refractivity contribution in [1.29, 1.82) is 0 Å². The summed E-state index contributed by atoms with van der Waals surface area (Å²) >= 11 is 1.62. The highest BCUT2D eigenvalue weighted by atomic mass is 32.1. The molecular weight excluding hydrogens is 495 g/mol. The Morgan fingerprint density at radius 3 is 2.51 bits per heavy atom. The lowest BCUT2D eigenvalue weighted by Crippen LogP contribution is -2.50. The normalized spacial score (nSPS) is 14.9. The number of alkyl carbamates (subject to hydrolysis) is 1. The van der Waals surface area contributed by atoms with Crippen LogP contribution in [0.1, 0.15) is 53.2 Å². The van der Waals surface area contributed by atoms with Gasteiger partial charge < -0.3 is 24.6 Å². The number of amides is 2. The first-order chi connectivity index (χ1) is 17.5. The number of rotatable bonds is 10. The molecule has 204 valence electrons. The van der Waals surface area contributed by atoms with Crippen LogP contribution in [0.5, 0.6) is 0 Å². The number of hydrogen-bond donors (Lipinski definition) is 1. The fraction of sp³-hybridized carbons (Fsp3) is 0.593. The van der Waals surface area contributed by atoms with Crippen LogP contribution in [0.15, 0.2) is 29.6 Å². The SMILES string of the molecule is CC(C)CC(NC(=O)OC(C)(C)C)C(=O)N(CCCc1csc(N2CCOCC2)n1)c1ccc(F)cc1. The minimum Gasteiger partial charge on any atom is -0.444 e. The van der Waals surface area contributed by atoms with Crippen molar-refractivity contribution in [3.8, 4) is 0 Å². The van der Waals surface area contributed by atoms with E-state index in [9.17, 15) is 14.0 Å². The molecule has 1 unspecified atom stereocenters. The van der Waals surface area contributed by atoms with Gasteiger partial charge in [0.25, 0.3) is 0 Å². The Bertz CT molecular complexity index is 1020. The molecule has 1 N–H and O–H groups in total. The lowest BCUT2D eigenvalue weighted by Gasteiger charge is -2.30. The van der Waals surface area contributed by atoms with Crippen molar-refractivity contribution in [3.05, 3.63) is 41.2 Å². The first-order valence-electron chi connectivity index (χ1n) is 12.9. The molecule has 0 spiro atoms. The fourth-order valence-corrected chi connectivity index (χ4v) is 4.96. The molecule has 2 aromatic rings. The summed E-state index contributed by atoms with van der Waals surface area (Å²) < 4.78 is 24.5. The van der Waals surface area contributed by atoms with E-state index in [2.05, 4.69) is 15.6 Å². The number of morpholine rings is 1. The second-order valence-corrected chi connectivity index (χ2v) is 11.5. The summed E-state index contributed by atoms with van der Waals surface area (Å²) in [5, 5.41) is 5.81. The van der Waals surface area contributed by atoms with Crippen LogP contribution >= 0.6 is 11.3 Å². The lowest BCUT2D eigenvalue weighted by atomic mass is 10.0. The molecule has 8 nitrogen and oxygen atoms in total. The highest BCUT2D eigenvalue weighted by Gasteiger charge is 2.29. The number of carbonyl (C=O) groups excluding carboxylic acids is 2. The van der Waals surface area contributed by atoms with E-state index in [1.165, 1.54) is 12.1 Å². The summed E-state index contributed by atoms with van der Waals surface area (Å²) in [6.45, 7) is 12.8. The van der Waals surface area contributed by atoms with Crippen LogP contribution in [0.4, 0.5) is 20.0 Å². The molecule has 1 fully saturated rings. The van der Waals surface area contributed by atoms with Gasteiger partial charge in [-0.2, -0.15) is 0 Å². The maximum Gasteiger partial charge on any atom is 0.408 e. The zero-order chi connectivity index (χ0) is 27.0. The zero-order valence-corrected chi connectivity index (χ0v) is 23.3. The highest BCUT2D eigenvalue weighted by Crippen LogP contribution is 2.23. The fourth-order valence-electron chi connectivity index (χ4n) is 4.05. The largest absolute Gasteiger partial charge is 0.444 e. The number of hydrogen-bond acceptors (Lipinski definition) is 7. The molecule has 1 aromatic carbocycles. The third kappa shape index (κ3) is 9.27. The first kappa shape index (κ1) is 28.8. The van der Waals surface area contributed by atoms with Crippen LogP contribution in [0.3, 0.4) is 0 Å². The Kier molecular flexibility index (Phi) is 10.3. The topological polar surface area (TPSA) is 84.0 Å². The second kappa shape index (κ2) is 13.2. The van der Waals surface area contributed by atoms with Crippen molar-refractivity contribution in [2.45, 2.75) is 65.5 Å². The van der Waals surface area contributed by atoms with E-state index in [1.807, 2.05) is 13.8 Å². The molecule has 1 saturated heterocycles. The van der Waals surface area contributed by atoms with Crippen LogP contribution in [-0.4, -0.2) is 61.5 Å². The lowest BCUT2D eigenvalue weighted by molar-refractivity contribution is -0.121. The van der Waals surface area contributed by atoms with Crippen molar-refractivity contribution in [2.75, 3.05) is 42.6 Å². The third-order valence-corrected chi connectivity index (χ3v) is 6.69. The van der Waals surface area contributed by atoms with Crippen molar-refractivity contribution >= 4 is 34.2 Å². The van der Waals surface area contributed by atoms with E-state index in [-0.39, 0.29) is 17.6 Å². The Balaban J connectivity index is 1.71. The van der Waals surface area contributed by atoms with Gasteiger partial charge >= 0.3 is 6.09 Å². The second-order valence-electron chi connectivity index (χ2n) is 10.6. The molecule has 1 atom stereocenters. The van der Waals surface area contributed by atoms with E-state index in [1.54, 1.807) is 49.1 Å². The summed E-state index contributed by atoms with van der Waals surface area (Å²) in [5.74, 6) is -0.467. The smallest absolute Gasteiger partial charge is 0.408 e. The average Bonchev–Trinajstić information content (AvgIpc) is 3.30. The van der Waals surface area contributed by atoms with Crippen LogP contribution in [0.2, 0.25) is 0 Å². The molecule has 0 aliphatic carbocycles. The molecular formula is C27H39FN4O4S. The van der Waals surface area contributed by atoms with E-state index in [4.69, 9.17) is 14.5 Å². The molecule has 0 bridgehead atoms. The average molecular weight is 535 g/mol. The third-order valence-electron chi connectivity index (χ3n) is 5.74. The number of aromatic nitrogens is 1. The number of aryl methyl sites for hydroxylation is 1. The maximum absolute atomic E-state index is 13.7. The maximum atomic E-state index is 13.7. The van der Waals surface area contributed by atoms with Gasteiger partial charge in [0.15, 0.2) is 5.13 Å². The Hall–Kier alpha value is -2.72. The van der Waals surface area contributed by atoms with Gasteiger partial charge in [-0.1, -0.05) is 13.8 Å². The van der Waals surface area contributed by atoms with Crippen molar-refractivity contribution in [1.82, 2.24) is 10.3 Å². The molecule has 2 heterocycles. The van der Waals surface area contributed by atoms with Crippen molar-refractivity contribution < 1.29 is 23.5 Å². The Morgan fingerprint density at radius 2 is 1.89 bits per heavy atom. The number of ether oxygens (including phenoxy) is 2. The number of nitrogens with zero attached hydrogens (tertiary/aromatic N) is 3. The summed E-state index contributed by atoms with van der Waals surface area (Å²) in [6, 6.07) is 5.08. The van der Waals surface area contributed by atoms with Gasteiger partial charge in [0.2, 0.25) is 5.91 Å². The van der Waals surface area contributed by atoms with Gasteiger partial charge in [-0.3, -0.25) is 4.79 Å². The predicted molar refractivity (Wildman–Crippen MR) is 145 cm³/mol. The summed E-state index contributed by atoms with van der Waals surface area (Å²) in [7, 11) is 0. The molecule has 37 heavy (non-hydrogen) atoms. The van der Waals surface area contributed by atoms with Crippen molar-refractivity contribution in [2.24, 2.45) is 5.92 Å². The van der Waals surface area contributed by atoms with Crippen LogP contribution < -0.4 is 15.1 Å².